The van der Waals surface area contributed by atoms with Crippen molar-refractivity contribution >= 4 is 27.5 Å². The number of rotatable bonds is 5. The number of anilines is 1. The second-order valence-electron chi connectivity index (χ2n) is 6.83. The van der Waals surface area contributed by atoms with Gasteiger partial charge >= 0.3 is 0 Å². The minimum Gasteiger partial charge on any atom is -0.369 e. The highest BCUT2D eigenvalue weighted by atomic mass is 32.2. The smallest absolute Gasteiger partial charge is 0.264 e. The maximum absolute atomic E-state index is 13.0. The molecule has 0 spiro atoms. The summed E-state index contributed by atoms with van der Waals surface area (Å²) in [7, 11) is -2.34. The van der Waals surface area contributed by atoms with Crippen LogP contribution in [0, 0.1) is 5.92 Å². The molecule has 0 aromatic heterocycles. The van der Waals surface area contributed by atoms with Crippen LogP contribution in [0.5, 0.6) is 0 Å². The van der Waals surface area contributed by atoms with Crippen LogP contribution in [0.1, 0.15) is 23.2 Å². The summed E-state index contributed by atoms with van der Waals surface area (Å²) in [6, 6.07) is 14.7. The van der Waals surface area contributed by atoms with E-state index in [0.717, 1.165) is 0 Å². The van der Waals surface area contributed by atoms with E-state index in [1.165, 1.54) is 23.5 Å². The lowest BCUT2D eigenvalue weighted by Gasteiger charge is -2.31. The molecule has 1 saturated heterocycles. The van der Waals surface area contributed by atoms with Gasteiger partial charge in [0.05, 0.1) is 16.5 Å². The molecule has 3 rings (SSSR count). The zero-order valence-corrected chi connectivity index (χ0v) is 16.4. The van der Waals surface area contributed by atoms with E-state index in [0.29, 0.717) is 25.1 Å². The SMILES string of the molecule is CN(c1ccccc1)S(=O)(=O)c1cccc(C(=O)N2CCC[C@@H](C(N)=O)C2)c1. The van der Waals surface area contributed by atoms with E-state index in [1.807, 2.05) is 0 Å². The fourth-order valence-corrected chi connectivity index (χ4v) is 4.54. The number of hydrogen-bond donors (Lipinski definition) is 1. The normalized spacial score (nSPS) is 17.2. The summed E-state index contributed by atoms with van der Waals surface area (Å²) in [5.74, 6) is -1.09. The molecule has 0 saturated carbocycles. The van der Waals surface area contributed by atoms with Crippen molar-refractivity contribution in [1.29, 1.82) is 0 Å². The molecule has 0 bridgehead atoms. The quantitative estimate of drug-likeness (QED) is 0.826. The number of sulfonamides is 1. The minimum atomic E-state index is -3.81. The standard InChI is InChI=1S/C20H23N3O4S/c1-22(17-9-3-2-4-10-17)28(26,27)18-11-5-7-15(13-18)20(25)23-12-6-8-16(14-23)19(21)24/h2-5,7,9-11,13,16H,6,8,12,14H2,1H3,(H2,21,24)/t16-/m1/s1. The van der Waals surface area contributed by atoms with Gasteiger partial charge in [-0.2, -0.15) is 0 Å². The van der Waals surface area contributed by atoms with Gasteiger partial charge in [-0.05, 0) is 43.2 Å². The molecule has 2 aromatic rings. The third-order valence-corrected chi connectivity index (χ3v) is 6.75. The predicted octanol–water partition coefficient (Wildman–Crippen LogP) is 1.85. The molecule has 2 N–H and O–H groups in total. The molecule has 28 heavy (non-hydrogen) atoms. The summed E-state index contributed by atoms with van der Waals surface area (Å²) >= 11 is 0. The predicted molar refractivity (Wildman–Crippen MR) is 106 cm³/mol. The highest BCUT2D eigenvalue weighted by Gasteiger charge is 2.28. The third-order valence-electron chi connectivity index (χ3n) is 4.97. The molecular formula is C20H23N3O4S. The highest BCUT2D eigenvalue weighted by molar-refractivity contribution is 7.92. The average Bonchev–Trinajstić information content (AvgIpc) is 2.73. The van der Waals surface area contributed by atoms with Gasteiger partial charge in [0, 0.05) is 25.7 Å². The monoisotopic (exact) mass is 401 g/mol. The van der Waals surface area contributed by atoms with Crippen LogP contribution in [0.3, 0.4) is 0 Å². The number of amides is 2. The molecule has 8 heteroatoms. The van der Waals surface area contributed by atoms with Crippen molar-refractivity contribution in [1.82, 2.24) is 4.90 Å². The zero-order valence-electron chi connectivity index (χ0n) is 15.6. The highest BCUT2D eigenvalue weighted by Crippen LogP contribution is 2.24. The Morgan fingerprint density at radius 3 is 2.50 bits per heavy atom. The number of piperidine rings is 1. The minimum absolute atomic E-state index is 0.0353. The number of nitrogens with zero attached hydrogens (tertiary/aromatic N) is 2. The van der Waals surface area contributed by atoms with Gasteiger partial charge < -0.3 is 10.6 Å². The zero-order chi connectivity index (χ0) is 20.3. The average molecular weight is 401 g/mol. The van der Waals surface area contributed by atoms with Crippen LogP contribution in [0.2, 0.25) is 0 Å². The summed E-state index contributed by atoms with van der Waals surface area (Å²) < 4.78 is 27.1. The molecule has 0 unspecified atom stereocenters. The molecule has 1 atom stereocenters. The third kappa shape index (κ3) is 4.01. The number of carbonyl (C=O) groups is 2. The number of primary amides is 1. The largest absolute Gasteiger partial charge is 0.369 e. The fourth-order valence-electron chi connectivity index (χ4n) is 3.30. The molecule has 0 radical (unpaired) electrons. The van der Waals surface area contributed by atoms with E-state index < -0.39 is 15.9 Å². The van der Waals surface area contributed by atoms with Crippen LogP contribution in [0.25, 0.3) is 0 Å². The lowest BCUT2D eigenvalue weighted by Crippen LogP contribution is -2.44. The van der Waals surface area contributed by atoms with E-state index in [1.54, 1.807) is 47.4 Å². The van der Waals surface area contributed by atoms with Gasteiger partial charge in [0.15, 0.2) is 0 Å². The molecule has 2 aromatic carbocycles. The number of likely N-dealkylation sites (tertiary alicyclic amines) is 1. The van der Waals surface area contributed by atoms with E-state index in [-0.39, 0.29) is 28.8 Å². The number of para-hydroxylation sites is 1. The molecule has 148 valence electrons. The molecule has 1 aliphatic rings. The van der Waals surface area contributed by atoms with Crippen LogP contribution in [0.4, 0.5) is 5.69 Å². The van der Waals surface area contributed by atoms with Crippen molar-refractivity contribution < 1.29 is 18.0 Å². The molecule has 7 nitrogen and oxygen atoms in total. The Kier molecular flexibility index (Phi) is 5.69. The Morgan fingerprint density at radius 2 is 1.82 bits per heavy atom. The molecule has 2 amide bonds. The Morgan fingerprint density at radius 1 is 1.11 bits per heavy atom. The van der Waals surface area contributed by atoms with Crippen LogP contribution in [-0.4, -0.2) is 45.3 Å². The van der Waals surface area contributed by atoms with Crippen LogP contribution in [-0.2, 0) is 14.8 Å². The van der Waals surface area contributed by atoms with Gasteiger partial charge in [0.25, 0.3) is 15.9 Å². The van der Waals surface area contributed by atoms with E-state index in [9.17, 15) is 18.0 Å². The van der Waals surface area contributed by atoms with E-state index in [2.05, 4.69) is 0 Å². The van der Waals surface area contributed by atoms with Crippen molar-refractivity contribution in [2.75, 3.05) is 24.4 Å². The van der Waals surface area contributed by atoms with Crippen LogP contribution >= 0.6 is 0 Å². The molecule has 1 heterocycles. The van der Waals surface area contributed by atoms with Crippen LogP contribution in [0.15, 0.2) is 59.5 Å². The first kappa shape index (κ1) is 19.9. The first-order valence-corrected chi connectivity index (χ1v) is 10.5. The van der Waals surface area contributed by atoms with Gasteiger partial charge in [-0.3, -0.25) is 13.9 Å². The maximum atomic E-state index is 13.0. The first-order valence-electron chi connectivity index (χ1n) is 9.03. The second-order valence-corrected chi connectivity index (χ2v) is 8.80. The van der Waals surface area contributed by atoms with Gasteiger partial charge in [-0.25, -0.2) is 8.42 Å². The topological polar surface area (TPSA) is 101 Å². The Balaban J connectivity index is 1.85. The molecular weight excluding hydrogens is 378 g/mol. The number of hydrogen-bond acceptors (Lipinski definition) is 4. The second kappa shape index (κ2) is 8.02. The van der Waals surface area contributed by atoms with Gasteiger partial charge in [0.2, 0.25) is 5.91 Å². The van der Waals surface area contributed by atoms with Crippen molar-refractivity contribution in [2.24, 2.45) is 11.7 Å². The Bertz CT molecular complexity index is 976. The van der Waals surface area contributed by atoms with Crippen molar-refractivity contribution in [2.45, 2.75) is 17.7 Å². The number of carbonyl (C=O) groups excluding carboxylic acids is 2. The van der Waals surface area contributed by atoms with Gasteiger partial charge in [-0.1, -0.05) is 24.3 Å². The van der Waals surface area contributed by atoms with Crippen LogP contribution < -0.4 is 10.0 Å². The van der Waals surface area contributed by atoms with Gasteiger partial charge in [0.1, 0.15) is 0 Å². The van der Waals surface area contributed by atoms with E-state index in [4.69, 9.17) is 5.73 Å². The first-order chi connectivity index (χ1) is 13.3. The van der Waals surface area contributed by atoms with Gasteiger partial charge in [-0.15, -0.1) is 0 Å². The summed E-state index contributed by atoms with van der Waals surface area (Å²) in [4.78, 5) is 25.9. The number of nitrogens with two attached hydrogens (primary N) is 1. The molecule has 0 aliphatic carbocycles. The summed E-state index contributed by atoms with van der Waals surface area (Å²) in [5, 5.41) is 0. The van der Waals surface area contributed by atoms with Crippen molar-refractivity contribution in [3.8, 4) is 0 Å². The summed E-state index contributed by atoms with van der Waals surface area (Å²) in [6.07, 6.45) is 1.35. The summed E-state index contributed by atoms with van der Waals surface area (Å²) in [6.45, 7) is 0.776. The lowest BCUT2D eigenvalue weighted by molar-refractivity contribution is -0.123. The molecule has 1 aliphatic heterocycles. The Hall–Kier alpha value is -2.87. The Labute approximate surface area is 164 Å². The van der Waals surface area contributed by atoms with Crippen molar-refractivity contribution in [3.05, 3.63) is 60.2 Å². The van der Waals surface area contributed by atoms with Crippen molar-refractivity contribution in [3.63, 3.8) is 0 Å². The lowest BCUT2D eigenvalue weighted by atomic mass is 9.97. The summed E-state index contributed by atoms with van der Waals surface area (Å²) in [5.41, 5.74) is 6.17. The maximum Gasteiger partial charge on any atom is 0.264 e. The van der Waals surface area contributed by atoms with E-state index >= 15 is 0 Å². The fraction of sp³-hybridized carbons (Fsp3) is 0.300. The number of benzene rings is 2. The molecule has 1 fully saturated rings.